The van der Waals surface area contributed by atoms with E-state index in [1.165, 1.54) is 5.56 Å². The second-order valence-electron chi connectivity index (χ2n) is 4.76. The Morgan fingerprint density at radius 3 is 2.89 bits per heavy atom. The lowest BCUT2D eigenvalue weighted by Gasteiger charge is -2.30. The molecule has 0 radical (unpaired) electrons. The van der Waals surface area contributed by atoms with Crippen LogP contribution in [0.5, 0.6) is 0 Å². The SMILES string of the molecule is O=C1CSC(c2ccsc2)N1CCN1CCOCC1. The molecule has 0 aromatic carbocycles. The molecule has 1 aromatic heterocycles. The van der Waals surface area contributed by atoms with Crippen LogP contribution in [0.25, 0.3) is 0 Å². The largest absolute Gasteiger partial charge is 0.379 e. The minimum atomic E-state index is 0.222. The van der Waals surface area contributed by atoms with Gasteiger partial charge in [0.2, 0.25) is 5.91 Å². The molecule has 0 spiro atoms. The second-order valence-corrected chi connectivity index (χ2v) is 6.61. The Hall–Kier alpha value is -0.560. The summed E-state index contributed by atoms with van der Waals surface area (Å²) in [5.41, 5.74) is 1.27. The third-order valence-corrected chi connectivity index (χ3v) is 5.51. The number of hydrogen-bond donors (Lipinski definition) is 0. The van der Waals surface area contributed by atoms with Gasteiger partial charge in [0.15, 0.2) is 0 Å². The molecule has 0 N–H and O–H groups in total. The molecule has 0 saturated carbocycles. The minimum absolute atomic E-state index is 0.222. The van der Waals surface area contributed by atoms with Crippen molar-refractivity contribution in [1.29, 1.82) is 0 Å². The summed E-state index contributed by atoms with van der Waals surface area (Å²) in [5, 5.41) is 4.46. The fourth-order valence-corrected chi connectivity index (χ4v) is 4.43. The number of carbonyl (C=O) groups is 1. The summed E-state index contributed by atoms with van der Waals surface area (Å²) in [6.07, 6.45) is 0. The predicted octanol–water partition coefficient (Wildman–Crippen LogP) is 1.65. The number of thioether (sulfide) groups is 1. The van der Waals surface area contributed by atoms with E-state index in [0.717, 1.165) is 39.4 Å². The van der Waals surface area contributed by atoms with Gasteiger partial charge < -0.3 is 9.64 Å². The number of hydrogen-bond acceptors (Lipinski definition) is 5. The summed E-state index contributed by atoms with van der Waals surface area (Å²) in [5.74, 6) is 0.887. The number of ether oxygens (including phenoxy) is 1. The maximum atomic E-state index is 12.0. The summed E-state index contributed by atoms with van der Waals surface area (Å²) < 4.78 is 5.35. The highest BCUT2D eigenvalue weighted by Gasteiger charge is 2.32. The van der Waals surface area contributed by atoms with E-state index in [0.29, 0.717) is 5.75 Å². The van der Waals surface area contributed by atoms with E-state index in [1.807, 2.05) is 4.90 Å². The first-order valence-corrected chi connectivity index (χ1v) is 8.57. The van der Waals surface area contributed by atoms with Gasteiger partial charge in [0, 0.05) is 26.2 Å². The zero-order valence-electron chi connectivity index (χ0n) is 10.8. The third kappa shape index (κ3) is 3.13. The van der Waals surface area contributed by atoms with Gasteiger partial charge in [-0.05, 0) is 22.4 Å². The van der Waals surface area contributed by atoms with Crippen LogP contribution in [0.3, 0.4) is 0 Å². The van der Waals surface area contributed by atoms with Crippen LogP contribution in [0.15, 0.2) is 16.8 Å². The predicted molar refractivity (Wildman–Crippen MR) is 78.5 cm³/mol. The first-order chi connectivity index (χ1) is 9.34. The first-order valence-electron chi connectivity index (χ1n) is 6.58. The summed E-state index contributed by atoms with van der Waals surface area (Å²) >= 11 is 3.44. The second kappa shape index (κ2) is 6.26. The molecule has 1 aromatic rings. The molecule has 19 heavy (non-hydrogen) atoms. The number of carbonyl (C=O) groups excluding carboxylic acids is 1. The highest BCUT2D eigenvalue weighted by atomic mass is 32.2. The van der Waals surface area contributed by atoms with Gasteiger partial charge in [-0.15, -0.1) is 11.8 Å². The van der Waals surface area contributed by atoms with Crippen LogP contribution in [-0.2, 0) is 9.53 Å². The molecule has 3 heterocycles. The average molecular weight is 298 g/mol. The molecule has 2 aliphatic heterocycles. The molecule has 0 aliphatic carbocycles. The Kier molecular flexibility index (Phi) is 4.42. The van der Waals surface area contributed by atoms with E-state index in [4.69, 9.17) is 4.74 Å². The fraction of sp³-hybridized carbons (Fsp3) is 0.615. The Balaban J connectivity index is 1.59. The van der Waals surface area contributed by atoms with Crippen molar-refractivity contribution in [3.05, 3.63) is 22.4 Å². The highest BCUT2D eigenvalue weighted by molar-refractivity contribution is 8.00. The highest BCUT2D eigenvalue weighted by Crippen LogP contribution is 2.39. The van der Waals surface area contributed by atoms with Crippen molar-refractivity contribution in [2.24, 2.45) is 0 Å². The van der Waals surface area contributed by atoms with E-state index in [9.17, 15) is 4.79 Å². The molecule has 2 fully saturated rings. The molecule has 104 valence electrons. The van der Waals surface area contributed by atoms with Crippen LogP contribution in [0.1, 0.15) is 10.9 Å². The van der Waals surface area contributed by atoms with Crippen LogP contribution in [0.4, 0.5) is 0 Å². The lowest BCUT2D eigenvalue weighted by Crippen LogP contribution is -2.42. The van der Waals surface area contributed by atoms with Crippen LogP contribution < -0.4 is 0 Å². The molecule has 2 saturated heterocycles. The summed E-state index contributed by atoms with van der Waals surface area (Å²) in [4.78, 5) is 16.4. The maximum absolute atomic E-state index is 12.0. The van der Waals surface area contributed by atoms with Gasteiger partial charge in [-0.25, -0.2) is 0 Å². The molecular weight excluding hydrogens is 280 g/mol. The molecule has 2 aliphatic rings. The van der Waals surface area contributed by atoms with Crippen molar-refractivity contribution in [2.45, 2.75) is 5.37 Å². The normalized spacial score (nSPS) is 25.2. The molecule has 3 rings (SSSR count). The van der Waals surface area contributed by atoms with Gasteiger partial charge >= 0.3 is 0 Å². The summed E-state index contributed by atoms with van der Waals surface area (Å²) in [7, 11) is 0. The van der Waals surface area contributed by atoms with Gasteiger partial charge in [-0.3, -0.25) is 9.69 Å². The van der Waals surface area contributed by atoms with Crippen LogP contribution in [-0.4, -0.2) is 60.9 Å². The zero-order chi connectivity index (χ0) is 13.1. The Morgan fingerprint density at radius 1 is 1.32 bits per heavy atom. The van der Waals surface area contributed by atoms with Crippen LogP contribution >= 0.6 is 23.1 Å². The fourth-order valence-electron chi connectivity index (χ4n) is 2.46. The molecule has 1 unspecified atom stereocenters. The van der Waals surface area contributed by atoms with Crippen molar-refractivity contribution in [3.8, 4) is 0 Å². The van der Waals surface area contributed by atoms with Gasteiger partial charge in [-0.1, -0.05) is 0 Å². The number of nitrogens with zero attached hydrogens (tertiary/aromatic N) is 2. The number of rotatable bonds is 4. The smallest absolute Gasteiger partial charge is 0.233 e. The molecule has 0 bridgehead atoms. The van der Waals surface area contributed by atoms with Gasteiger partial charge in [0.1, 0.15) is 5.37 Å². The molecule has 4 nitrogen and oxygen atoms in total. The standard InChI is InChI=1S/C13H18N2O2S2/c16-12-10-19-13(11-1-8-18-9-11)15(12)3-2-14-4-6-17-7-5-14/h1,8-9,13H,2-7,10H2. The van der Waals surface area contributed by atoms with E-state index < -0.39 is 0 Å². The quantitative estimate of drug-likeness (QED) is 0.846. The zero-order valence-corrected chi connectivity index (χ0v) is 12.4. The van der Waals surface area contributed by atoms with Gasteiger partial charge in [0.25, 0.3) is 0 Å². The van der Waals surface area contributed by atoms with E-state index in [-0.39, 0.29) is 11.3 Å². The lowest BCUT2D eigenvalue weighted by molar-refractivity contribution is -0.128. The van der Waals surface area contributed by atoms with Gasteiger partial charge in [-0.2, -0.15) is 11.3 Å². The Morgan fingerprint density at radius 2 is 2.16 bits per heavy atom. The number of amides is 1. The molecular formula is C13H18N2O2S2. The third-order valence-electron chi connectivity index (χ3n) is 3.56. The first kappa shape index (κ1) is 13.4. The minimum Gasteiger partial charge on any atom is -0.379 e. The Labute approximate surface area is 121 Å². The van der Waals surface area contributed by atoms with Crippen LogP contribution in [0.2, 0.25) is 0 Å². The number of morpholine rings is 1. The molecule has 1 atom stereocenters. The van der Waals surface area contributed by atoms with Gasteiger partial charge in [0.05, 0.1) is 19.0 Å². The van der Waals surface area contributed by atoms with Crippen molar-refractivity contribution in [2.75, 3.05) is 45.1 Å². The van der Waals surface area contributed by atoms with Crippen molar-refractivity contribution in [1.82, 2.24) is 9.80 Å². The van der Waals surface area contributed by atoms with Crippen LogP contribution in [0, 0.1) is 0 Å². The Bertz CT molecular complexity index is 418. The van der Waals surface area contributed by atoms with E-state index >= 15 is 0 Å². The monoisotopic (exact) mass is 298 g/mol. The van der Waals surface area contributed by atoms with E-state index in [2.05, 4.69) is 21.7 Å². The summed E-state index contributed by atoms with van der Waals surface area (Å²) in [6, 6.07) is 2.13. The maximum Gasteiger partial charge on any atom is 0.233 e. The van der Waals surface area contributed by atoms with Crippen molar-refractivity contribution in [3.63, 3.8) is 0 Å². The summed E-state index contributed by atoms with van der Waals surface area (Å²) in [6.45, 7) is 5.38. The van der Waals surface area contributed by atoms with Crippen molar-refractivity contribution < 1.29 is 9.53 Å². The average Bonchev–Trinajstić information content (AvgIpc) is 3.07. The van der Waals surface area contributed by atoms with E-state index in [1.54, 1.807) is 23.1 Å². The van der Waals surface area contributed by atoms with Crippen molar-refractivity contribution >= 4 is 29.0 Å². The lowest BCUT2D eigenvalue weighted by atomic mass is 10.3. The topological polar surface area (TPSA) is 32.8 Å². The molecule has 1 amide bonds. The molecule has 6 heteroatoms. The number of thiophene rings is 1.